The molecule has 2 unspecified atom stereocenters. The quantitative estimate of drug-likeness (QED) is 0.252. The molecule has 8 heteroatoms. The van der Waals surface area contributed by atoms with Gasteiger partial charge < -0.3 is 24.8 Å². The van der Waals surface area contributed by atoms with Crippen LogP contribution in [-0.4, -0.2) is 27.7 Å². The second-order valence-corrected chi connectivity index (χ2v) is 10.9. The molecule has 0 radical (unpaired) electrons. The van der Waals surface area contributed by atoms with Crippen molar-refractivity contribution in [1.82, 2.24) is 14.9 Å². The van der Waals surface area contributed by atoms with Crippen molar-refractivity contribution < 1.29 is 9.53 Å². The number of thiocarbonyl (C=S) groups is 1. The highest BCUT2D eigenvalue weighted by atomic mass is 32.1. The smallest absolute Gasteiger partial charge is 0.226 e. The molecule has 4 aromatic rings. The highest BCUT2D eigenvalue weighted by Gasteiger charge is 2.42. The van der Waals surface area contributed by atoms with E-state index in [1.54, 1.807) is 7.11 Å². The zero-order chi connectivity index (χ0) is 28.6. The standard InChI is InChI=1S/C32H35N5O2S/c1-19(2)31(38)34-27-15-12-24(17-20(27)3)37-30(29(35-32(37)40)28-9-7-8-16-33-28)26-18-21(4)36(22(26)5)23-10-13-25(39-6)14-11-23/h7-19,29-30H,1-6H3,(H,34,38)(H,35,40). The molecule has 0 saturated carbocycles. The van der Waals surface area contributed by atoms with Gasteiger partial charge in [0.15, 0.2) is 5.11 Å². The van der Waals surface area contributed by atoms with E-state index >= 15 is 0 Å². The Hall–Kier alpha value is -4.17. The van der Waals surface area contributed by atoms with Crippen molar-refractivity contribution in [2.75, 3.05) is 17.3 Å². The van der Waals surface area contributed by atoms with Crippen LogP contribution in [0.1, 0.15) is 54.1 Å². The predicted octanol–water partition coefficient (Wildman–Crippen LogP) is 6.58. The van der Waals surface area contributed by atoms with Gasteiger partial charge in [0.1, 0.15) is 5.75 Å². The third kappa shape index (κ3) is 5.07. The fraction of sp³-hybridized carbons (Fsp3) is 0.281. The lowest BCUT2D eigenvalue weighted by Crippen LogP contribution is -2.29. The zero-order valence-electron chi connectivity index (χ0n) is 23.7. The van der Waals surface area contributed by atoms with Crippen LogP contribution in [-0.2, 0) is 4.79 Å². The first kappa shape index (κ1) is 27.4. The number of ether oxygens (including phenoxy) is 1. The van der Waals surface area contributed by atoms with E-state index in [2.05, 4.69) is 58.2 Å². The molecule has 1 amide bonds. The molecule has 1 aliphatic heterocycles. The predicted molar refractivity (Wildman–Crippen MR) is 164 cm³/mol. The summed E-state index contributed by atoms with van der Waals surface area (Å²) in [5.41, 5.74) is 8.12. The molecular formula is C32H35N5O2S. The third-order valence-corrected chi connectivity index (χ3v) is 7.80. The van der Waals surface area contributed by atoms with E-state index in [1.165, 1.54) is 0 Å². The van der Waals surface area contributed by atoms with Crippen LogP contribution in [0.3, 0.4) is 0 Å². The number of carbonyl (C=O) groups is 1. The Morgan fingerprint density at radius 1 is 1.02 bits per heavy atom. The summed E-state index contributed by atoms with van der Waals surface area (Å²) in [6, 6.07) is 22.1. The van der Waals surface area contributed by atoms with E-state index in [4.69, 9.17) is 21.9 Å². The van der Waals surface area contributed by atoms with Gasteiger partial charge in [-0.15, -0.1) is 0 Å². The van der Waals surface area contributed by atoms with Crippen molar-refractivity contribution in [2.45, 2.75) is 46.7 Å². The summed E-state index contributed by atoms with van der Waals surface area (Å²) in [4.78, 5) is 19.2. The summed E-state index contributed by atoms with van der Waals surface area (Å²) in [5.74, 6) is 0.716. The second-order valence-electron chi connectivity index (χ2n) is 10.5. The normalized spacial score (nSPS) is 16.8. The first-order valence-corrected chi connectivity index (χ1v) is 13.9. The molecule has 2 atom stereocenters. The number of aryl methyl sites for hydroxylation is 2. The number of aromatic nitrogens is 2. The van der Waals surface area contributed by atoms with Crippen molar-refractivity contribution in [1.29, 1.82) is 0 Å². The van der Waals surface area contributed by atoms with E-state index in [-0.39, 0.29) is 23.9 Å². The molecule has 40 heavy (non-hydrogen) atoms. The number of methoxy groups -OCH3 is 1. The Morgan fingerprint density at radius 2 is 1.75 bits per heavy atom. The second kappa shape index (κ2) is 11.1. The van der Waals surface area contributed by atoms with Crippen LogP contribution in [0.2, 0.25) is 0 Å². The topological polar surface area (TPSA) is 71.4 Å². The zero-order valence-corrected chi connectivity index (χ0v) is 24.5. The number of nitrogens with one attached hydrogen (secondary N) is 2. The van der Waals surface area contributed by atoms with Crippen LogP contribution in [0.4, 0.5) is 11.4 Å². The lowest BCUT2D eigenvalue weighted by molar-refractivity contribution is -0.118. The minimum atomic E-state index is -0.154. The van der Waals surface area contributed by atoms with Crippen molar-refractivity contribution >= 4 is 34.6 Å². The van der Waals surface area contributed by atoms with E-state index in [1.807, 2.05) is 69.4 Å². The van der Waals surface area contributed by atoms with E-state index in [9.17, 15) is 4.79 Å². The molecule has 2 N–H and O–H groups in total. The first-order chi connectivity index (χ1) is 19.2. The van der Waals surface area contributed by atoms with Crippen molar-refractivity contribution in [2.24, 2.45) is 5.92 Å². The number of hydrogen-bond acceptors (Lipinski definition) is 4. The molecule has 2 aromatic carbocycles. The highest BCUT2D eigenvalue weighted by molar-refractivity contribution is 7.80. The summed E-state index contributed by atoms with van der Waals surface area (Å²) >= 11 is 5.96. The Morgan fingerprint density at radius 3 is 2.38 bits per heavy atom. The molecular weight excluding hydrogens is 518 g/mol. The molecule has 3 heterocycles. The average molecular weight is 554 g/mol. The number of nitrogens with zero attached hydrogens (tertiary/aromatic N) is 3. The van der Waals surface area contributed by atoms with Crippen molar-refractivity contribution in [3.8, 4) is 11.4 Å². The minimum absolute atomic E-state index is 0.00623. The summed E-state index contributed by atoms with van der Waals surface area (Å²) in [6.07, 6.45) is 1.82. The summed E-state index contributed by atoms with van der Waals surface area (Å²) in [6.45, 7) is 10.1. The maximum absolute atomic E-state index is 12.4. The van der Waals surface area contributed by atoms with Gasteiger partial charge in [0.2, 0.25) is 5.91 Å². The summed E-state index contributed by atoms with van der Waals surface area (Å²) in [7, 11) is 1.67. The lowest BCUT2D eigenvalue weighted by atomic mass is 9.96. The largest absolute Gasteiger partial charge is 0.497 e. The fourth-order valence-corrected chi connectivity index (χ4v) is 5.73. The van der Waals surface area contributed by atoms with Gasteiger partial charge in [0.05, 0.1) is 24.9 Å². The molecule has 2 aromatic heterocycles. The number of hydrogen-bond donors (Lipinski definition) is 2. The minimum Gasteiger partial charge on any atom is -0.497 e. The molecule has 1 fully saturated rings. The van der Waals surface area contributed by atoms with Crippen LogP contribution in [0, 0.1) is 26.7 Å². The number of rotatable bonds is 7. The number of amides is 1. The lowest BCUT2D eigenvalue weighted by Gasteiger charge is -2.29. The van der Waals surface area contributed by atoms with Gasteiger partial charge in [-0.05, 0) is 105 Å². The van der Waals surface area contributed by atoms with E-state index in [0.29, 0.717) is 5.11 Å². The molecule has 5 rings (SSSR count). The number of benzene rings is 2. The Bertz CT molecular complexity index is 1550. The molecule has 0 aliphatic carbocycles. The highest BCUT2D eigenvalue weighted by Crippen LogP contribution is 2.44. The molecule has 0 bridgehead atoms. The van der Waals surface area contributed by atoms with Gasteiger partial charge >= 0.3 is 0 Å². The maximum Gasteiger partial charge on any atom is 0.226 e. The van der Waals surface area contributed by atoms with Crippen molar-refractivity contribution in [3.05, 3.63) is 101 Å². The van der Waals surface area contributed by atoms with Gasteiger partial charge in [0.25, 0.3) is 0 Å². The van der Waals surface area contributed by atoms with Crippen LogP contribution in [0.25, 0.3) is 5.69 Å². The SMILES string of the molecule is COc1ccc(-n2c(C)cc(C3C(c4ccccn4)NC(=S)N3c3ccc(NC(=O)C(C)C)c(C)c3)c2C)cc1. The van der Waals surface area contributed by atoms with E-state index < -0.39 is 0 Å². The van der Waals surface area contributed by atoms with Crippen LogP contribution < -0.4 is 20.3 Å². The van der Waals surface area contributed by atoms with Crippen LogP contribution in [0.15, 0.2) is 72.9 Å². The summed E-state index contributed by atoms with van der Waals surface area (Å²) in [5, 5.41) is 7.23. The van der Waals surface area contributed by atoms with Crippen molar-refractivity contribution in [3.63, 3.8) is 0 Å². The van der Waals surface area contributed by atoms with Crippen LogP contribution >= 0.6 is 12.2 Å². The Balaban J connectivity index is 1.60. The fourth-order valence-electron chi connectivity index (χ4n) is 5.38. The molecule has 0 spiro atoms. The molecule has 1 aliphatic rings. The third-order valence-electron chi connectivity index (χ3n) is 7.49. The molecule has 1 saturated heterocycles. The Kier molecular flexibility index (Phi) is 7.63. The van der Waals surface area contributed by atoms with Gasteiger partial charge in [-0.3, -0.25) is 9.78 Å². The molecule has 206 valence electrons. The van der Waals surface area contributed by atoms with Gasteiger partial charge in [-0.2, -0.15) is 0 Å². The monoisotopic (exact) mass is 553 g/mol. The summed E-state index contributed by atoms with van der Waals surface area (Å²) < 4.78 is 7.64. The number of pyridine rings is 1. The number of anilines is 2. The first-order valence-electron chi connectivity index (χ1n) is 13.4. The van der Waals surface area contributed by atoms with Crippen LogP contribution in [0.5, 0.6) is 5.75 Å². The van der Waals surface area contributed by atoms with E-state index in [0.717, 1.165) is 51.0 Å². The Labute approximate surface area is 241 Å². The average Bonchev–Trinajstić information content (AvgIpc) is 3.44. The van der Waals surface area contributed by atoms with Gasteiger partial charge in [-0.25, -0.2) is 0 Å². The van der Waals surface area contributed by atoms with Gasteiger partial charge in [0, 0.05) is 40.6 Å². The van der Waals surface area contributed by atoms with Gasteiger partial charge in [-0.1, -0.05) is 19.9 Å². The molecule has 7 nitrogen and oxygen atoms in total. The number of carbonyl (C=O) groups excluding carboxylic acids is 1. The maximum atomic E-state index is 12.4.